The van der Waals surface area contributed by atoms with Crippen LogP contribution in [0.5, 0.6) is 11.5 Å². The minimum Gasteiger partial charge on any atom is -0.463 e. The average Bonchev–Trinajstić information content (AvgIpc) is 3.68. The van der Waals surface area contributed by atoms with Gasteiger partial charge < -0.3 is 18.8 Å². The van der Waals surface area contributed by atoms with E-state index in [1.165, 1.54) is 22.4 Å². The summed E-state index contributed by atoms with van der Waals surface area (Å²) < 4.78 is 41.4. The Kier molecular flexibility index (Phi) is 5.21. The number of hydrogen-bond acceptors (Lipinski definition) is 11. The van der Waals surface area contributed by atoms with E-state index in [0.717, 1.165) is 18.8 Å². The third-order valence-electron chi connectivity index (χ3n) is 7.34. The number of carbonyl (C=O) groups excluding carboxylic acids is 1. The van der Waals surface area contributed by atoms with E-state index in [1.54, 1.807) is 47.5 Å². The summed E-state index contributed by atoms with van der Waals surface area (Å²) in [6.07, 6.45) is -1.19. The number of alkyl halides is 2. The number of piperazine rings is 1. The van der Waals surface area contributed by atoms with E-state index in [1.807, 2.05) is 0 Å². The van der Waals surface area contributed by atoms with Crippen molar-refractivity contribution in [3.8, 4) is 11.5 Å². The lowest BCUT2D eigenvalue weighted by atomic mass is 10.2. The van der Waals surface area contributed by atoms with Gasteiger partial charge in [0, 0.05) is 58.1 Å². The van der Waals surface area contributed by atoms with Crippen molar-refractivity contribution >= 4 is 29.6 Å². The van der Waals surface area contributed by atoms with Gasteiger partial charge in [-0.05, 0) is 24.3 Å². The van der Waals surface area contributed by atoms with Crippen molar-refractivity contribution in [2.75, 3.05) is 51.2 Å². The molecular weight excluding hydrogens is 516 g/mol. The highest BCUT2D eigenvalue weighted by Crippen LogP contribution is 2.43. The zero-order chi connectivity index (χ0) is 26.9. The minimum atomic E-state index is -3.63. The molecule has 0 radical (unpaired) electrons. The molecule has 5 aliphatic rings. The van der Waals surface area contributed by atoms with Crippen LogP contribution in [0, 0.1) is 0 Å². The molecule has 39 heavy (non-hydrogen) atoms. The van der Waals surface area contributed by atoms with Gasteiger partial charge in [0.1, 0.15) is 17.7 Å². The van der Waals surface area contributed by atoms with Crippen LogP contribution in [0.2, 0.25) is 0 Å². The van der Waals surface area contributed by atoms with E-state index < -0.39 is 12.6 Å². The molecule has 0 bridgehead atoms. The fourth-order valence-corrected chi connectivity index (χ4v) is 5.38. The lowest BCUT2D eigenvalue weighted by molar-refractivity contribution is -0.286. The van der Waals surface area contributed by atoms with Crippen LogP contribution in [-0.2, 0) is 0 Å². The highest BCUT2D eigenvalue weighted by atomic mass is 19.3. The molecule has 2 N–H and O–H groups in total. The van der Waals surface area contributed by atoms with Gasteiger partial charge in [0.2, 0.25) is 6.29 Å². The number of benzene rings is 1. The molecule has 13 nitrogen and oxygen atoms in total. The van der Waals surface area contributed by atoms with E-state index in [-0.39, 0.29) is 17.5 Å². The first kappa shape index (κ1) is 23.7. The lowest BCUT2D eigenvalue weighted by Gasteiger charge is -2.36. The molecule has 7 rings (SSSR count). The molecule has 1 aromatic heterocycles. The molecule has 15 heteroatoms. The van der Waals surface area contributed by atoms with E-state index in [2.05, 4.69) is 24.3 Å². The quantitative estimate of drug-likeness (QED) is 0.563. The second-order valence-electron chi connectivity index (χ2n) is 9.60. The van der Waals surface area contributed by atoms with E-state index in [9.17, 15) is 13.6 Å². The summed E-state index contributed by atoms with van der Waals surface area (Å²) in [6, 6.07) is 8.22. The van der Waals surface area contributed by atoms with Crippen LogP contribution in [0.15, 0.2) is 56.7 Å². The number of halogens is 2. The zero-order valence-electron chi connectivity index (χ0n) is 20.9. The van der Waals surface area contributed by atoms with E-state index in [0.29, 0.717) is 49.2 Å². The second-order valence-corrected chi connectivity index (χ2v) is 9.60. The third-order valence-corrected chi connectivity index (χ3v) is 7.34. The van der Waals surface area contributed by atoms with E-state index in [4.69, 9.17) is 15.3 Å². The summed E-state index contributed by atoms with van der Waals surface area (Å²) in [5.74, 6) is 7.25. The molecule has 1 aromatic carbocycles. The van der Waals surface area contributed by atoms with Gasteiger partial charge in [-0.25, -0.2) is 35.6 Å². The number of rotatable bonds is 5. The van der Waals surface area contributed by atoms with Crippen LogP contribution in [0.1, 0.15) is 5.76 Å². The predicted molar refractivity (Wildman–Crippen MR) is 134 cm³/mol. The number of ether oxygens (including phenoxy) is 2. The number of anilines is 1. The number of nitrogens with zero attached hydrogens (tertiary/aromatic N) is 8. The second kappa shape index (κ2) is 8.57. The number of fused-ring (bicyclic) bond motifs is 4. The van der Waals surface area contributed by atoms with Crippen LogP contribution in [0.4, 0.5) is 19.3 Å². The number of hydrogen-bond donors (Lipinski definition) is 1. The maximum absolute atomic E-state index is 13.4. The van der Waals surface area contributed by atoms with Gasteiger partial charge in [-0.15, -0.1) is 8.78 Å². The molecule has 0 saturated carbocycles. The topological polar surface area (TPSA) is 119 Å². The summed E-state index contributed by atoms with van der Waals surface area (Å²) in [7, 11) is 1.69. The van der Waals surface area contributed by atoms with Crippen LogP contribution < -0.4 is 20.2 Å². The van der Waals surface area contributed by atoms with Crippen molar-refractivity contribution in [3.63, 3.8) is 0 Å². The number of amidine groups is 1. The van der Waals surface area contributed by atoms with Crippen LogP contribution in [0.25, 0.3) is 5.70 Å². The van der Waals surface area contributed by atoms with Gasteiger partial charge in [-0.3, -0.25) is 9.80 Å². The average molecular weight is 542 g/mol. The Morgan fingerprint density at radius 1 is 1.10 bits per heavy atom. The van der Waals surface area contributed by atoms with Crippen molar-refractivity contribution in [1.29, 1.82) is 0 Å². The number of nitrogens with two attached hydrogens (primary N) is 1. The molecule has 2 saturated heterocycles. The number of amides is 2. The Bertz CT molecular complexity index is 1400. The molecule has 204 valence electrons. The highest BCUT2D eigenvalue weighted by molar-refractivity contribution is 6.12. The molecule has 1 unspecified atom stereocenters. The molecule has 5 aliphatic heterocycles. The molecular formula is C24H25F2N9O4. The molecule has 1 atom stereocenters. The molecule has 2 amide bonds. The molecule has 0 aliphatic carbocycles. The number of aliphatic imine (C=N–C) groups is 2. The Labute approximate surface area is 221 Å². The molecule has 2 aromatic rings. The molecule has 6 heterocycles. The monoisotopic (exact) mass is 541 g/mol. The van der Waals surface area contributed by atoms with Gasteiger partial charge in [-0.1, -0.05) is 0 Å². The third kappa shape index (κ3) is 3.84. The van der Waals surface area contributed by atoms with Gasteiger partial charge in [0.15, 0.2) is 23.1 Å². The first-order valence-electron chi connectivity index (χ1n) is 12.4. The fourth-order valence-electron chi connectivity index (χ4n) is 5.38. The first-order valence-corrected chi connectivity index (χ1v) is 12.4. The number of furan rings is 1. The standard InChI is InChI=1S/C24H25F2N9O4/c1-30-23(36)33(22-29-21-20(35(22)30)19(28-14-34(21)27)17-3-2-12-37-17)11-8-31-6-9-32(10-7-31)15-4-5-16-18(13-15)39-24(25,26)38-16/h2-5,12-14,22H,6-11,27H2,1H3. The van der Waals surface area contributed by atoms with Crippen molar-refractivity contribution in [2.45, 2.75) is 12.6 Å². The van der Waals surface area contributed by atoms with E-state index >= 15 is 0 Å². The smallest absolute Gasteiger partial charge is 0.463 e. The fraction of sp³-hybridized carbons (Fsp3) is 0.375. The van der Waals surface area contributed by atoms with Gasteiger partial charge >= 0.3 is 12.3 Å². The predicted octanol–water partition coefficient (Wildman–Crippen LogP) is 1.59. The Morgan fingerprint density at radius 3 is 2.67 bits per heavy atom. The molecule has 0 spiro atoms. The normalized spacial score (nSPS) is 23.7. The van der Waals surface area contributed by atoms with Crippen LogP contribution in [-0.4, -0.2) is 102 Å². The number of hydrazine groups is 2. The zero-order valence-corrected chi connectivity index (χ0v) is 20.9. The Hall–Kier alpha value is -4.37. The van der Waals surface area contributed by atoms with Gasteiger partial charge in [-0.2, -0.15) is 0 Å². The van der Waals surface area contributed by atoms with Crippen molar-refractivity contribution < 1.29 is 27.5 Å². The SMILES string of the molecule is CN1C(=O)N(CCN2CCN(c3ccc4c(c3)OC(F)(F)O4)CC2)C2N=C3C(=C(c4ccco4)N=CN3N)N21. The maximum atomic E-state index is 13.4. The number of urea groups is 1. The minimum absolute atomic E-state index is 0.0309. The summed E-state index contributed by atoms with van der Waals surface area (Å²) in [4.78, 5) is 28.5. The summed E-state index contributed by atoms with van der Waals surface area (Å²) in [5, 5.41) is 4.65. The first-order chi connectivity index (χ1) is 18.8. The van der Waals surface area contributed by atoms with Crippen molar-refractivity contribution in [3.05, 3.63) is 48.1 Å². The summed E-state index contributed by atoms with van der Waals surface area (Å²) in [5.41, 5.74) is 1.95. The number of carbonyl (C=O) groups is 1. The van der Waals surface area contributed by atoms with Crippen molar-refractivity contribution in [1.82, 2.24) is 24.8 Å². The summed E-state index contributed by atoms with van der Waals surface area (Å²) >= 11 is 0. The maximum Gasteiger partial charge on any atom is 0.586 e. The lowest BCUT2D eigenvalue weighted by Crippen LogP contribution is -2.49. The van der Waals surface area contributed by atoms with Crippen LogP contribution in [0.3, 0.4) is 0 Å². The van der Waals surface area contributed by atoms with Gasteiger partial charge in [0.25, 0.3) is 0 Å². The molecule has 2 fully saturated rings. The largest absolute Gasteiger partial charge is 0.586 e. The van der Waals surface area contributed by atoms with Crippen LogP contribution >= 0.6 is 0 Å². The summed E-state index contributed by atoms with van der Waals surface area (Å²) in [6.45, 7) is 3.96. The highest BCUT2D eigenvalue weighted by Gasteiger charge is 2.51. The Morgan fingerprint density at radius 2 is 1.90 bits per heavy atom. The Balaban J connectivity index is 1.02. The van der Waals surface area contributed by atoms with Crippen molar-refractivity contribution in [2.24, 2.45) is 15.8 Å². The van der Waals surface area contributed by atoms with Gasteiger partial charge in [0.05, 0.1) is 6.26 Å².